The Kier molecular flexibility index (Phi) is 3.85. The zero-order valence-corrected chi connectivity index (χ0v) is 11.0. The van der Waals surface area contributed by atoms with Crippen LogP contribution in [-0.2, 0) is 4.79 Å². The zero-order valence-electron chi connectivity index (χ0n) is 11.0. The Balaban J connectivity index is 2.06. The first-order valence-corrected chi connectivity index (χ1v) is 6.29. The van der Waals surface area contributed by atoms with E-state index in [1.54, 1.807) is 6.20 Å². The molecule has 2 amide bonds. The fourth-order valence-electron chi connectivity index (χ4n) is 1.75. The summed E-state index contributed by atoms with van der Waals surface area (Å²) in [4.78, 5) is 26.6. The lowest BCUT2D eigenvalue weighted by Crippen LogP contribution is -2.43. The van der Waals surface area contributed by atoms with Crippen LogP contribution in [0.4, 0.5) is 0 Å². The Bertz CT molecular complexity index is 604. The number of hydrazine groups is 1. The molecule has 5 heteroatoms. The average Bonchev–Trinajstić information content (AvgIpc) is 2.87. The molecule has 0 aliphatic heterocycles. The van der Waals surface area contributed by atoms with Gasteiger partial charge >= 0.3 is 0 Å². The Morgan fingerprint density at radius 2 is 2.00 bits per heavy atom. The van der Waals surface area contributed by atoms with Crippen molar-refractivity contribution in [2.24, 2.45) is 5.92 Å². The van der Waals surface area contributed by atoms with Crippen LogP contribution in [0.1, 0.15) is 30.6 Å². The van der Waals surface area contributed by atoms with Gasteiger partial charge in [0, 0.05) is 23.0 Å². The number of amides is 2. The summed E-state index contributed by atoms with van der Waals surface area (Å²) < 4.78 is 0. The third kappa shape index (κ3) is 2.76. The first-order chi connectivity index (χ1) is 9.13. The van der Waals surface area contributed by atoms with Crippen molar-refractivity contribution in [3.05, 3.63) is 36.0 Å². The summed E-state index contributed by atoms with van der Waals surface area (Å²) in [5.74, 6) is -0.631. The number of para-hydroxylation sites is 1. The maximum absolute atomic E-state index is 12.0. The Labute approximate surface area is 111 Å². The van der Waals surface area contributed by atoms with Crippen LogP contribution in [0.2, 0.25) is 0 Å². The molecule has 3 N–H and O–H groups in total. The van der Waals surface area contributed by atoms with Gasteiger partial charge in [0.15, 0.2) is 0 Å². The lowest BCUT2D eigenvalue weighted by molar-refractivity contribution is -0.125. The van der Waals surface area contributed by atoms with E-state index >= 15 is 0 Å². The van der Waals surface area contributed by atoms with Crippen LogP contribution in [0.5, 0.6) is 0 Å². The number of carbonyl (C=O) groups is 2. The lowest BCUT2D eigenvalue weighted by atomic mass is 10.1. The fourth-order valence-corrected chi connectivity index (χ4v) is 1.75. The molecule has 1 unspecified atom stereocenters. The minimum Gasteiger partial charge on any atom is -0.360 e. The molecule has 0 radical (unpaired) electrons. The monoisotopic (exact) mass is 259 g/mol. The molecule has 0 bridgehead atoms. The van der Waals surface area contributed by atoms with Crippen molar-refractivity contribution < 1.29 is 9.59 Å². The largest absolute Gasteiger partial charge is 0.360 e. The molecule has 5 nitrogen and oxygen atoms in total. The number of carbonyl (C=O) groups excluding carboxylic acids is 2. The van der Waals surface area contributed by atoms with E-state index in [1.807, 2.05) is 38.1 Å². The van der Waals surface area contributed by atoms with Crippen molar-refractivity contribution >= 4 is 22.7 Å². The van der Waals surface area contributed by atoms with Gasteiger partial charge < -0.3 is 4.98 Å². The predicted octanol–water partition coefficient (Wildman–Crippen LogP) is 1.97. The number of nitrogens with one attached hydrogen (secondary N) is 3. The highest BCUT2D eigenvalue weighted by molar-refractivity contribution is 6.07. The summed E-state index contributed by atoms with van der Waals surface area (Å²) in [6.07, 6.45) is 2.37. The van der Waals surface area contributed by atoms with Crippen LogP contribution in [0.15, 0.2) is 30.5 Å². The maximum Gasteiger partial charge on any atom is 0.271 e. The molecular formula is C14H17N3O2. The quantitative estimate of drug-likeness (QED) is 0.737. The number of rotatable bonds is 3. The number of aromatic amines is 1. The van der Waals surface area contributed by atoms with E-state index in [1.165, 1.54) is 0 Å². The topological polar surface area (TPSA) is 74.0 Å². The van der Waals surface area contributed by atoms with E-state index < -0.39 is 0 Å². The molecule has 0 fully saturated rings. The van der Waals surface area contributed by atoms with Crippen LogP contribution in [0.25, 0.3) is 10.9 Å². The van der Waals surface area contributed by atoms with Gasteiger partial charge in [-0.1, -0.05) is 32.0 Å². The smallest absolute Gasteiger partial charge is 0.271 e. The molecule has 2 aromatic rings. The first kappa shape index (κ1) is 13.1. The van der Waals surface area contributed by atoms with Gasteiger partial charge in [-0.15, -0.1) is 0 Å². The van der Waals surface area contributed by atoms with Crippen LogP contribution in [0, 0.1) is 5.92 Å². The van der Waals surface area contributed by atoms with Gasteiger partial charge in [-0.2, -0.15) is 0 Å². The van der Waals surface area contributed by atoms with E-state index in [9.17, 15) is 9.59 Å². The Hall–Kier alpha value is -2.30. The minimum atomic E-state index is -0.325. The van der Waals surface area contributed by atoms with Gasteiger partial charge in [0.25, 0.3) is 5.91 Å². The first-order valence-electron chi connectivity index (χ1n) is 6.29. The standard InChI is InChI=1S/C14H17N3O2/c1-3-9(2)13(18)16-17-14(19)11-8-15-12-7-5-4-6-10(11)12/h4-9,15H,3H2,1-2H3,(H,16,18)(H,17,19). The highest BCUT2D eigenvalue weighted by atomic mass is 16.2. The van der Waals surface area contributed by atoms with Gasteiger partial charge in [-0.25, -0.2) is 0 Å². The third-order valence-corrected chi connectivity index (χ3v) is 3.19. The number of aromatic nitrogens is 1. The molecular weight excluding hydrogens is 242 g/mol. The van der Waals surface area contributed by atoms with E-state index in [0.717, 1.165) is 17.3 Å². The number of fused-ring (bicyclic) bond motifs is 1. The summed E-state index contributed by atoms with van der Waals surface area (Å²) in [5, 5.41) is 0.831. The van der Waals surface area contributed by atoms with Crippen LogP contribution in [-0.4, -0.2) is 16.8 Å². The van der Waals surface area contributed by atoms with E-state index in [4.69, 9.17) is 0 Å². The molecule has 100 valence electrons. The third-order valence-electron chi connectivity index (χ3n) is 3.19. The molecule has 0 saturated carbocycles. The second kappa shape index (κ2) is 5.56. The molecule has 1 atom stereocenters. The number of hydrogen-bond acceptors (Lipinski definition) is 2. The highest BCUT2D eigenvalue weighted by Gasteiger charge is 2.14. The van der Waals surface area contributed by atoms with Gasteiger partial charge in [0.1, 0.15) is 0 Å². The molecule has 1 heterocycles. The molecule has 0 aliphatic carbocycles. The molecule has 0 aliphatic rings. The van der Waals surface area contributed by atoms with Crippen LogP contribution >= 0.6 is 0 Å². The van der Waals surface area contributed by atoms with E-state index in [0.29, 0.717) is 5.56 Å². The second-order valence-electron chi connectivity index (χ2n) is 4.50. The summed E-state index contributed by atoms with van der Waals surface area (Å²) in [6.45, 7) is 3.74. The molecule has 1 aromatic heterocycles. The van der Waals surface area contributed by atoms with Gasteiger partial charge in [0.05, 0.1) is 5.56 Å². The average molecular weight is 259 g/mol. The summed E-state index contributed by atoms with van der Waals surface area (Å²) in [5.41, 5.74) is 6.27. The van der Waals surface area contributed by atoms with Crippen LogP contribution < -0.4 is 10.9 Å². The normalized spacial score (nSPS) is 12.1. The van der Waals surface area contributed by atoms with Crippen molar-refractivity contribution in [3.8, 4) is 0 Å². The maximum atomic E-state index is 12.0. The fraction of sp³-hybridized carbons (Fsp3) is 0.286. The summed E-state index contributed by atoms with van der Waals surface area (Å²) in [6, 6.07) is 7.51. The predicted molar refractivity (Wildman–Crippen MR) is 73.4 cm³/mol. The molecule has 1 aromatic carbocycles. The van der Waals surface area contributed by atoms with Gasteiger partial charge in [0.2, 0.25) is 5.91 Å². The van der Waals surface area contributed by atoms with E-state index in [2.05, 4.69) is 15.8 Å². The van der Waals surface area contributed by atoms with Crippen molar-refractivity contribution in [3.63, 3.8) is 0 Å². The Morgan fingerprint density at radius 1 is 1.26 bits per heavy atom. The van der Waals surface area contributed by atoms with Gasteiger partial charge in [-0.3, -0.25) is 20.4 Å². The van der Waals surface area contributed by atoms with Crippen molar-refractivity contribution in [2.45, 2.75) is 20.3 Å². The minimum absolute atomic E-state index is 0.122. The summed E-state index contributed by atoms with van der Waals surface area (Å²) >= 11 is 0. The molecule has 0 saturated heterocycles. The summed E-state index contributed by atoms with van der Waals surface area (Å²) in [7, 11) is 0. The van der Waals surface area contributed by atoms with E-state index in [-0.39, 0.29) is 17.7 Å². The molecule has 0 spiro atoms. The van der Waals surface area contributed by atoms with Crippen molar-refractivity contribution in [1.29, 1.82) is 0 Å². The second-order valence-corrected chi connectivity index (χ2v) is 4.50. The Morgan fingerprint density at radius 3 is 2.74 bits per heavy atom. The number of H-pyrrole nitrogens is 1. The SMILES string of the molecule is CCC(C)C(=O)NNC(=O)c1c[nH]c2ccccc12. The van der Waals surface area contributed by atoms with Crippen molar-refractivity contribution in [1.82, 2.24) is 15.8 Å². The van der Waals surface area contributed by atoms with Crippen LogP contribution in [0.3, 0.4) is 0 Å². The number of benzene rings is 1. The molecule has 2 rings (SSSR count). The number of hydrogen-bond donors (Lipinski definition) is 3. The molecule has 19 heavy (non-hydrogen) atoms. The zero-order chi connectivity index (χ0) is 13.8. The lowest BCUT2D eigenvalue weighted by Gasteiger charge is -2.10. The van der Waals surface area contributed by atoms with Gasteiger partial charge in [-0.05, 0) is 12.5 Å². The van der Waals surface area contributed by atoms with Crippen molar-refractivity contribution in [2.75, 3.05) is 0 Å². The highest BCUT2D eigenvalue weighted by Crippen LogP contribution is 2.17.